The van der Waals surface area contributed by atoms with E-state index in [1.807, 2.05) is 0 Å². The molecule has 0 amide bonds. The van der Waals surface area contributed by atoms with Crippen LogP contribution in [0.5, 0.6) is 5.75 Å². The van der Waals surface area contributed by atoms with Crippen molar-refractivity contribution in [2.24, 2.45) is 0 Å². The smallest absolute Gasteiger partial charge is 0.311 e. The van der Waals surface area contributed by atoms with Crippen LogP contribution in [0.2, 0.25) is 20.1 Å². The highest BCUT2D eigenvalue weighted by molar-refractivity contribution is 6.48. The first-order chi connectivity index (χ1) is 14.4. The predicted molar refractivity (Wildman–Crippen MR) is 124 cm³/mol. The molecule has 0 N–H and O–H groups in total. The van der Waals surface area contributed by atoms with E-state index < -0.39 is 5.97 Å². The van der Waals surface area contributed by atoms with Crippen LogP contribution in [0.4, 0.5) is 0 Å². The van der Waals surface area contributed by atoms with Gasteiger partial charge in [-0.3, -0.25) is 9.59 Å². The van der Waals surface area contributed by atoms with E-state index in [-0.39, 0.29) is 44.7 Å². The summed E-state index contributed by atoms with van der Waals surface area (Å²) in [5.74, 6) is -0.970. The largest absolute Gasteiger partial charge is 0.466 e. The van der Waals surface area contributed by atoms with Crippen molar-refractivity contribution in [2.45, 2.75) is 84.0 Å². The Kier molecular flexibility index (Phi) is 14.6. The summed E-state index contributed by atoms with van der Waals surface area (Å²) in [6.07, 6.45) is 11.3. The number of carbonyl (C=O) groups is 2. The summed E-state index contributed by atoms with van der Waals surface area (Å²) in [7, 11) is 0. The monoisotopic (exact) mass is 498 g/mol. The maximum absolute atomic E-state index is 12.0. The minimum atomic E-state index is -0.580. The Labute approximate surface area is 199 Å². The van der Waals surface area contributed by atoms with Gasteiger partial charge in [0.25, 0.3) is 0 Å². The number of benzene rings is 1. The summed E-state index contributed by atoms with van der Waals surface area (Å²) in [4.78, 5) is 23.8. The van der Waals surface area contributed by atoms with Gasteiger partial charge in [0.15, 0.2) is 5.75 Å². The van der Waals surface area contributed by atoms with Gasteiger partial charge < -0.3 is 9.47 Å². The van der Waals surface area contributed by atoms with Gasteiger partial charge in [0, 0.05) is 12.8 Å². The zero-order valence-corrected chi connectivity index (χ0v) is 20.4. The molecular formula is C22H30Cl4O4. The highest BCUT2D eigenvalue weighted by Gasteiger charge is 2.18. The Hall–Kier alpha value is -0.680. The van der Waals surface area contributed by atoms with Gasteiger partial charge in [-0.2, -0.15) is 0 Å². The molecule has 1 aromatic carbocycles. The van der Waals surface area contributed by atoms with E-state index in [0.717, 1.165) is 12.8 Å². The summed E-state index contributed by atoms with van der Waals surface area (Å²) in [6.45, 7) is 2.64. The van der Waals surface area contributed by atoms with Crippen molar-refractivity contribution in [3.05, 3.63) is 26.2 Å². The summed E-state index contributed by atoms with van der Waals surface area (Å²) in [5, 5.41) is 0.294. The lowest BCUT2D eigenvalue weighted by Crippen LogP contribution is -2.11. The first-order valence-corrected chi connectivity index (χ1v) is 12.1. The standard InChI is InChI=1S/C22H30Cl4O4/c1-2-3-4-5-6-7-8-9-10-14-29-18(27)12-11-13-19(28)30-22-20(25)16(23)15-17(24)21(22)26/h15H,2-14H2,1H3. The summed E-state index contributed by atoms with van der Waals surface area (Å²) in [5.41, 5.74) is 0. The third-order valence-electron chi connectivity index (χ3n) is 4.56. The van der Waals surface area contributed by atoms with Gasteiger partial charge in [-0.05, 0) is 18.9 Å². The molecule has 0 saturated heterocycles. The number of halogens is 4. The van der Waals surface area contributed by atoms with Gasteiger partial charge in [-0.1, -0.05) is 105 Å². The zero-order valence-electron chi connectivity index (χ0n) is 17.4. The fraction of sp³-hybridized carbons (Fsp3) is 0.636. The topological polar surface area (TPSA) is 52.6 Å². The Bertz CT molecular complexity index is 653. The van der Waals surface area contributed by atoms with Crippen molar-refractivity contribution in [1.29, 1.82) is 0 Å². The maximum Gasteiger partial charge on any atom is 0.311 e. The number of ether oxygens (including phenoxy) is 2. The minimum Gasteiger partial charge on any atom is -0.466 e. The van der Waals surface area contributed by atoms with E-state index in [1.54, 1.807) is 0 Å². The molecular weight excluding hydrogens is 470 g/mol. The highest BCUT2D eigenvalue weighted by Crippen LogP contribution is 2.42. The molecule has 0 aliphatic carbocycles. The predicted octanol–water partition coefficient (Wildman–Crippen LogP) is 8.45. The number of hydrogen-bond donors (Lipinski definition) is 0. The molecule has 0 radical (unpaired) electrons. The highest BCUT2D eigenvalue weighted by atomic mass is 35.5. The molecule has 0 aliphatic heterocycles. The van der Waals surface area contributed by atoms with Crippen molar-refractivity contribution >= 4 is 58.3 Å². The fourth-order valence-electron chi connectivity index (χ4n) is 2.85. The van der Waals surface area contributed by atoms with Crippen LogP contribution >= 0.6 is 46.4 Å². The van der Waals surface area contributed by atoms with Crippen molar-refractivity contribution in [3.8, 4) is 5.75 Å². The molecule has 30 heavy (non-hydrogen) atoms. The average Bonchev–Trinajstić information content (AvgIpc) is 2.71. The van der Waals surface area contributed by atoms with E-state index in [2.05, 4.69) is 6.92 Å². The van der Waals surface area contributed by atoms with Crippen LogP contribution in [0.1, 0.15) is 84.0 Å². The van der Waals surface area contributed by atoms with Gasteiger partial charge in [0.2, 0.25) is 0 Å². The zero-order chi connectivity index (χ0) is 22.4. The summed E-state index contributed by atoms with van der Waals surface area (Å²) in [6, 6.07) is 1.37. The molecule has 0 heterocycles. The normalized spacial score (nSPS) is 10.8. The SMILES string of the molecule is CCCCCCCCCCCOC(=O)CCCC(=O)Oc1c(Cl)c(Cl)cc(Cl)c1Cl. The molecule has 0 saturated carbocycles. The van der Waals surface area contributed by atoms with Crippen LogP contribution in [0.15, 0.2) is 6.07 Å². The average molecular weight is 500 g/mol. The van der Waals surface area contributed by atoms with Gasteiger partial charge in [-0.25, -0.2) is 0 Å². The molecule has 0 spiro atoms. The number of esters is 2. The molecule has 1 rings (SSSR count). The number of rotatable bonds is 15. The van der Waals surface area contributed by atoms with Crippen molar-refractivity contribution in [1.82, 2.24) is 0 Å². The van der Waals surface area contributed by atoms with E-state index in [0.29, 0.717) is 13.0 Å². The number of hydrogen-bond acceptors (Lipinski definition) is 4. The second-order valence-corrected chi connectivity index (χ2v) is 8.74. The third-order valence-corrected chi connectivity index (χ3v) is 6.10. The fourth-order valence-corrected chi connectivity index (χ4v) is 3.72. The van der Waals surface area contributed by atoms with Crippen LogP contribution in [-0.4, -0.2) is 18.5 Å². The van der Waals surface area contributed by atoms with Crippen LogP contribution in [0, 0.1) is 0 Å². The quantitative estimate of drug-likeness (QED) is 0.105. The van der Waals surface area contributed by atoms with Crippen LogP contribution in [0.3, 0.4) is 0 Å². The van der Waals surface area contributed by atoms with Crippen LogP contribution < -0.4 is 4.74 Å². The van der Waals surface area contributed by atoms with Gasteiger partial charge in [0.05, 0.1) is 16.7 Å². The lowest BCUT2D eigenvalue weighted by molar-refractivity contribution is -0.144. The van der Waals surface area contributed by atoms with E-state index in [4.69, 9.17) is 55.9 Å². The summed E-state index contributed by atoms with van der Waals surface area (Å²) >= 11 is 23.8. The Morgan fingerprint density at radius 1 is 0.733 bits per heavy atom. The Balaban J connectivity index is 2.12. The van der Waals surface area contributed by atoms with E-state index in [9.17, 15) is 9.59 Å². The second kappa shape index (κ2) is 16.0. The second-order valence-electron chi connectivity index (χ2n) is 7.17. The molecule has 0 fully saturated rings. The minimum absolute atomic E-state index is 0.0137. The van der Waals surface area contributed by atoms with Gasteiger partial charge >= 0.3 is 11.9 Å². The maximum atomic E-state index is 12.0. The molecule has 0 atom stereocenters. The molecule has 1 aromatic rings. The van der Waals surface area contributed by atoms with E-state index in [1.165, 1.54) is 51.0 Å². The Morgan fingerprint density at radius 2 is 1.23 bits per heavy atom. The van der Waals surface area contributed by atoms with Crippen LogP contribution in [0.25, 0.3) is 0 Å². The van der Waals surface area contributed by atoms with Crippen molar-refractivity contribution in [2.75, 3.05) is 6.61 Å². The molecule has 0 aliphatic rings. The Morgan fingerprint density at radius 3 is 1.80 bits per heavy atom. The van der Waals surface area contributed by atoms with Crippen LogP contribution in [-0.2, 0) is 14.3 Å². The molecule has 0 bridgehead atoms. The lowest BCUT2D eigenvalue weighted by atomic mass is 10.1. The number of unbranched alkanes of at least 4 members (excludes halogenated alkanes) is 8. The molecule has 8 heteroatoms. The number of carbonyl (C=O) groups excluding carboxylic acids is 2. The first-order valence-electron chi connectivity index (χ1n) is 10.6. The van der Waals surface area contributed by atoms with Gasteiger partial charge in [0.1, 0.15) is 10.0 Å². The van der Waals surface area contributed by atoms with Crippen molar-refractivity contribution < 1.29 is 19.1 Å². The summed E-state index contributed by atoms with van der Waals surface area (Å²) < 4.78 is 10.4. The lowest BCUT2D eigenvalue weighted by Gasteiger charge is -2.10. The molecule has 0 aromatic heterocycles. The van der Waals surface area contributed by atoms with Gasteiger partial charge in [-0.15, -0.1) is 0 Å². The first kappa shape index (κ1) is 27.4. The third kappa shape index (κ3) is 11.1. The van der Waals surface area contributed by atoms with E-state index >= 15 is 0 Å². The van der Waals surface area contributed by atoms with Crippen molar-refractivity contribution in [3.63, 3.8) is 0 Å². The molecule has 0 unspecified atom stereocenters. The molecule has 4 nitrogen and oxygen atoms in total. The molecule has 170 valence electrons.